The second-order valence-corrected chi connectivity index (χ2v) is 2.25. The third-order valence-electron chi connectivity index (χ3n) is 1.40. The van der Waals surface area contributed by atoms with Crippen molar-refractivity contribution < 1.29 is 67.7 Å². The fourth-order valence-corrected chi connectivity index (χ4v) is 0.952. The van der Waals surface area contributed by atoms with Crippen LogP contribution in [0.25, 0.3) is 11.1 Å². The number of rotatable bonds is 0. The standard InChI is InChI=1S/C7H6N2O2.Rb/c1-4-2-5-6(11-4)7(10)9-3-8-5;/h2-3H,1H3,(H,8,9,10);/q;+1/p-1. The van der Waals surface area contributed by atoms with Gasteiger partial charge < -0.3 is 9.52 Å². The Labute approximate surface area is 118 Å². The average Bonchev–Trinajstić information content (AvgIpc) is 2.31. The van der Waals surface area contributed by atoms with Crippen LogP contribution in [0.2, 0.25) is 0 Å². The third kappa shape index (κ3) is 1.76. The zero-order valence-electron chi connectivity index (χ0n) is 6.87. The van der Waals surface area contributed by atoms with Crippen molar-refractivity contribution in [1.82, 2.24) is 9.97 Å². The molecule has 2 heterocycles. The van der Waals surface area contributed by atoms with E-state index in [9.17, 15) is 5.11 Å². The maximum absolute atomic E-state index is 10.9. The van der Waals surface area contributed by atoms with E-state index in [0.29, 0.717) is 11.3 Å². The molecule has 0 radical (unpaired) electrons. The minimum absolute atomic E-state index is 0. The molecule has 0 aliphatic heterocycles. The van der Waals surface area contributed by atoms with Crippen LogP contribution in [0.3, 0.4) is 0 Å². The predicted molar refractivity (Wildman–Crippen MR) is 36.0 cm³/mol. The van der Waals surface area contributed by atoms with E-state index in [1.165, 1.54) is 6.33 Å². The van der Waals surface area contributed by atoms with E-state index in [4.69, 9.17) is 4.42 Å². The van der Waals surface area contributed by atoms with Gasteiger partial charge >= 0.3 is 58.2 Å². The smallest absolute Gasteiger partial charge is 0.856 e. The molecule has 0 aliphatic carbocycles. The predicted octanol–water partition coefficient (Wildman–Crippen LogP) is -2.39. The van der Waals surface area contributed by atoms with Gasteiger partial charge in [0.2, 0.25) is 0 Å². The van der Waals surface area contributed by atoms with Crippen LogP contribution in [-0.2, 0) is 0 Å². The Morgan fingerprint density at radius 3 is 2.83 bits per heavy atom. The van der Waals surface area contributed by atoms with Gasteiger partial charge in [-0.2, -0.15) is 0 Å². The van der Waals surface area contributed by atoms with Crippen LogP contribution in [0.4, 0.5) is 0 Å². The summed E-state index contributed by atoms with van der Waals surface area (Å²) in [6, 6.07) is 1.71. The first-order valence-corrected chi connectivity index (χ1v) is 3.15. The van der Waals surface area contributed by atoms with Gasteiger partial charge in [-0.15, -0.1) is 0 Å². The molecule has 0 saturated carbocycles. The summed E-state index contributed by atoms with van der Waals surface area (Å²) < 4.78 is 5.06. The Kier molecular flexibility index (Phi) is 3.40. The molecule has 5 heteroatoms. The van der Waals surface area contributed by atoms with E-state index in [-0.39, 0.29) is 69.7 Å². The molecule has 0 aromatic carbocycles. The molecule has 0 spiro atoms. The average molecular weight is 235 g/mol. The van der Waals surface area contributed by atoms with E-state index in [2.05, 4.69) is 9.97 Å². The minimum atomic E-state index is -0.358. The van der Waals surface area contributed by atoms with Crippen LogP contribution in [0.1, 0.15) is 5.76 Å². The normalized spacial score (nSPS) is 9.75. The Morgan fingerprint density at radius 1 is 1.42 bits per heavy atom. The minimum Gasteiger partial charge on any atom is -0.856 e. The third-order valence-corrected chi connectivity index (χ3v) is 1.40. The first kappa shape index (κ1) is 10.3. The Hall–Kier alpha value is 0.225. The molecular formula is C7H5N2O2Rb. The Balaban J connectivity index is 0.000000720. The summed E-state index contributed by atoms with van der Waals surface area (Å²) in [7, 11) is 0. The summed E-state index contributed by atoms with van der Waals surface area (Å²) in [5, 5.41) is 10.9. The SMILES string of the molecule is Cc1cc2ncnc([O-])c2o1.[Rb+]. The quantitative estimate of drug-likeness (QED) is 0.510. The molecule has 4 nitrogen and oxygen atoms in total. The zero-order valence-corrected chi connectivity index (χ0v) is 11.8. The van der Waals surface area contributed by atoms with E-state index in [0.717, 1.165) is 0 Å². The summed E-state index contributed by atoms with van der Waals surface area (Å²) in [4.78, 5) is 7.32. The maximum atomic E-state index is 10.9. The first-order valence-electron chi connectivity index (χ1n) is 3.15. The Morgan fingerprint density at radius 2 is 2.17 bits per heavy atom. The molecule has 0 N–H and O–H groups in total. The van der Waals surface area contributed by atoms with Crippen LogP contribution in [-0.4, -0.2) is 9.97 Å². The van der Waals surface area contributed by atoms with E-state index < -0.39 is 0 Å². The summed E-state index contributed by atoms with van der Waals surface area (Å²) >= 11 is 0. The number of furan rings is 1. The van der Waals surface area contributed by atoms with Crippen LogP contribution in [0, 0.1) is 6.92 Å². The van der Waals surface area contributed by atoms with Gasteiger partial charge in [-0.3, -0.25) is 0 Å². The molecular weight excluding hydrogens is 230 g/mol. The van der Waals surface area contributed by atoms with E-state index in [1.807, 2.05) is 0 Å². The molecule has 2 aromatic rings. The summed E-state index contributed by atoms with van der Waals surface area (Å²) in [6.45, 7) is 1.76. The number of hydrogen-bond acceptors (Lipinski definition) is 4. The van der Waals surface area contributed by atoms with Gasteiger partial charge in [0.1, 0.15) is 17.6 Å². The molecule has 0 aliphatic rings. The summed E-state index contributed by atoms with van der Waals surface area (Å²) in [5.74, 6) is 0.320. The zero-order chi connectivity index (χ0) is 7.84. The summed E-state index contributed by atoms with van der Waals surface area (Å²) in [5.41, 5.74) is 0.813. The molecule has 12 heavy (non-hydrogen) atoms. The molecule has 56 valence electrons. The number of fused-ring (bicyclic) bond motifs is 1. The van der Waals surface area contributed by atoms with Crippen LogP contribution >= 0.6 is 0 Å². The number of hydrogen-bond donors (Lipinski definition) is 0. The number of nitrogens with zero attached hydrogens (tertiary/aromatic N) is 2. The van der Waals surface area contributed by atoms with Crippen LogP contribution < -0.4 is 63.3 Å². The summed E-state index contributed by atoms with van der Waals surface area (Å²) in [6.07, 6.45) is 1.24. The van der Waals surface area contributed by atoms with Gasteiger partial charge in [0.25, 0.3) is 0 Å². The van der Waals surface area contributed by atoms with Gasteiger partial charge in [-0.25, -0.2) is 9.97 Å². The van der Waals surface area contributed by atoms with Crippen LogP contribution in [0.15, 0.2) is 16.8 Å². The van der Waals surface area contributed by atoms with Crippen LogP contribution in [0.5, 0.6) is 5.88 Å². The van der Waals surface area contributed by atoms with Crippen molar-refractivity contribution in [2.75, 3.05) is 0 Å². The van der Waals surface area contributed by atoms with Gasteiger partial charge in [0.05, 0.1) is 0 Å². The molecule has 0 amide bonds. The van der Waals surface area contributed by atoms with E-state index >= 15 is 0 Å². The molecule has 2 aromatic heterocycles. The molecule has 2 rings (SSSR count). The van der Waals surface area contributed by atoms with Crippen molar-refractivity contribution in [2.45, 2.75) is 6.92 Å². The topological polar surface area (TPSA) is 62.0 Å². The number of aryl methyl sites for hydroxylation is 1. The first-order chi connectivity index (χ1) is 5.27. The van der Waals surface area contributed by atoms with Crippen molar-refractivity contribution in [1.29, 1.82) is 0 Å². The van der Waals surface area contributed by atoms with Crippen molar-refractivity contribution in [3.05, 3.63) is 18.2 Å². The van der Waals surface area contributed by atoms with E-state index in [1.54, 1.807) is 13.0 Å². The molecule has 0 fully saturated rings. The number of aromatic nitrogens is 2. The fraction of sp³-hybridized carbons (Fsp3) is 0.143. The molecule has 0 atom stereocenters. The van der Waals surface area contributed by atoms with Gasteiger partial charge in [-0.1, -0.05) is 0 Å². The van der Waals surface area contributed by atoms with Crippen molar-refractivity contribution >= 4 is 11.1 Å². The van der Waals surface area contributed by atoms with Crippen molar-refractivity contribution in [2.24, 2.45) is 0 Å². The largest absolute Gasteiger partial charge is 1.00 e. The van der Waals surface area contributed by atoms with Gasteiger partial charge in [0, 0.05) is 11.9 Å². The van der Waals surface area contributed by atoms with Crippen molar-refractivity contribution in [3.8, 4) is 5.88 Å². The molecule has 0 saturated heterocycles. The fourth-order valence-electron chi connectivity index (χ4n) is 0.952. The molecule has 0 bridgehead atoms. The maximum Gasteiger partial charge on any atom is 1.00 e. The monoisotopic (exact) mass is 234 g/mol. The second-order valence-electron chi connectivity index (χ2n) is 2.25. The van der Waals surface area contributed by atoms with Gasteiger partial charge in [0.15, 0.2) is 5.58 Å². The molecule has 0 unspecified atom stereocenters. The van der Waals surface area contributed by atoms with Gasteiger partial charge in [-0.05, 0) is 6.92 Å². The second kappa shape index (κ2) is 3.96. The van der Waals surface area contributed by atoms with Crippen molar-refractivity contribution in [3.63, 3.8) is 0 Å². The Bertz CT molecular complexity index is 399.